The molecule has 1 saturated heterocycles. The molecule has 4 rings (SSSR count). The molecule has 0 aliphatic carbocycles. The van der Waals surface area contributed by atoms with E-state index in [2.05, 4.69) is 27.2 Å². The second-order valence-electron chi connectivity index (χ2n) is 6.94. The van der Waals surface area contributed by atoms with E-state index in [1.807, 2.05) is 35.2 Å². The third kappa shape index (κ3) is 3.67. The summed E-state index contributed by atoms with van der Waals surface area (Å²) in [6, 6.07) is 9.68. The fourth-order valence-electron chi connectivity index (χ4n) is 3.54. The average molecular weight is 480 g/mol. The number of ether oxygens (including phenoxy) is 1. The van der Waals surface area contributed by atoms with E-state index in [-0.39, 0.29) is 17.9 Å². The Morgan fingerprint density at radius 2 is 1.93 bits per heavy atom. The molecule has 1 aromatic heterocycles. The van der Waals surface area contributed by atoms with Crippen molar-refractivity contribution in [2.24, 2.45) is 0 Å². The van der Waals surface area contributed by atoms with Gasteiger partial charge in [0.05, 0.1) is 18.2 Å². The van der Waals surface area contributed by atoms with Crippen molar-refractivity contribution < 1.29 is 14.3 Å². The first-order valence-corrected chi connectivity index (χ1v) is 10.1. The van der Waals surface area contributed by atoms with Gasteiger partial charge >= 0.3 is 6.09 Å². The van der Waals surface area contributed by atoms with Gasteiger partial charge in [0.15, 0.2) is 0 Å². The molecule has 7 nitrogen and oxygen atoms in total. The number of likely N-dealkylation sites (tertiary alicyclic amines) is 1. The van der Waals surface area contributed by atoms with Gasteiger partial charge in [-0.05, 0) is 28.2 Å². The highest BCUT2D eigenvalue weighted by Crippen LogP contribution is 2.31. The molecule has 0 unspecified atom stereocenters. The molecule has 142 valence electrons. The summed E-state index contributed by atoms with van der Waals surface area (Å²) in [4.78, 5) is 32.2. The van der Waals surface area contributed by atoms with E-state index < -0.39 is 0 Å². The first-order chi connectivity index (χ1) is 13.0. The molecule has 27 heavy (non-hydrogen) atoms. The number of aromatic nitrogens is 2. The van der Waals surface area contributed by atoms with Crippen LogP contribution in [0.15, 0.2) is 30.3 Å². The van der Waals surface area contributed by atoms with Crippen LogP contribution >= 0.6 is 22.6 Å². The third-order valence-corrected chi connectivity index (χ3v) is 6.01. The van der Waals surface area contributed by atoms with Gasteiger partial charge in [0.2, 0.25) is 5.91 Å². The van der Waals surface area contributed by atoms with Gasteiger partial charge < -0.3 is 19.1 Å². The predicted octanol–water partition coefficient (Wildman–Crippen LogP) is 2.59. The Morgan fingerprint density at radius 3 is 2.63 bits per heavy atom. The number of fused-ring (bicyclic) bond motifs is 1. The average Bonchev–Trinajstić information content (AvgIpc) is 2.95. The Kier molecular flexibility index (Phi) is 5.07. The van der Waals surface area contributed by atoms with E-state index in [4.69, 9.17) is 9.72 Å². The highest BCUT2D eigenvalue weighted by Gasteiger charge is 2.37. The first kappa shape index (κ1) is 18.3. The van der Waals surface area contributed by atoms with Crippen molar-refractivity contribution in [3.05, 3.63) is 51.1 Å². The standard InChI is InChI=1S/C19H21IN4O3/c1-13(25)22-7-8-24-16(11-22)17(20)21-18(24)15-9-23(10-15)19(26)27-12-14-5-3-2-4-6-14/h2-6,15H,7-12H2,1H3. The van der Waals surface area contributed by atoms with Gasteiger partial charge in [-0.1, -0.05) is 30.3 Å². The van der Waals surface area contributed by atoms with Crippen LogP contribution in [0, 0.1) is 3.70 Å². The maximum Gasteiger partial charge on any atom is 0.410 e. The highest BCUT2D eigenvalue weighted by atomic mass is 127. The van der Waals surface area contributed by atoms with Crippen molar-refractivity contribution in [2.75, 3.05) is 19.6 Å². The third-order valence-electron chi connectivity index (χ3n) is 5.14. The molecule has 2 aliphatic rings. The summed E-state index contributed by atoms with van der Waals surface area (Å²) in [7, 11) is 0. The van der Waals surface area contributed by atoms with Gasteiger partial charge in [-0.25, -0.2) is 9.78 Å². The Morgan fingerprint density at radius 1 is 1.19 bits per heavy atom. The van der Waals surface area contributed by atoms with Crippen molar-refractivity contribution >= 4 is 34.6 Å². The predicted molar refractivity (Wildman–Crippen MR) is 107 cm³/mol. The molecule has 8 heteroatoms. The molecule has 1 fully saturated rings. The maximum absolute atomic E-state index is 12.2. The van der Waals surface area contributed by atoms with Crippen LogP contribution in [0.2, 0.25) is 0 Å². The summed E-state index contributed by atoms with van der Waals surface area (Å²) in [5.41, 5.74) is 2.08. The maximum atomic E-state index is 12.2. The second-order valence-corrected chi connectivity index (χ2v) is 7.96. The van der Waals surface area contributed by atoms with Gasteiger partial charge in [0.25, 0.3) is 0 Å². The lowest BCUT2D eigenvalue weighted by Gasteiger charge is -2.38. The van der Waals surface area contributed by atoms with E-state index in [1.54, 1.807) is 11.8 Å². The lowest BCUT2D eigenvalue weighted by Crippen LogP contribution is -2.50. The normalized spacial score (nSPS) is 16.7. The topological polar surface area (TPSA) is 67.7 Å². The number of hydrogen-bond donors (Lipinski definition) is 0. The minimum Gasteiger partial charge on any atom is -0.445 e. The minimum absolute atomic E-state index is 0.0933. The van der Waals surface area contributed by atoms with Crippen molar-refractivity contribution in [2.45, 2.75) is 32.5 Å². The van der Waals surface area contributed by atoms with E-state index in [1.165, 1.54) is 0 Å². The number of carbonyl (C=O) groups excluding carboxylic acids is 2. The van der Waals surface area contributed by atoms with E-state index >= 15 is 0 Å². The highest BCUT2D eigenvalue weighted by molar-refractivity contribution is 14.1. The van der Waals surface area contributed by atoms with Crippen LogP contribution in [0.25, 0.3) is 0 Å². The smallest absolute Gasteiger partial charge is 0.410 e. The Hall–Kier alpha value is -2.10. The molecule has 0 bridgehead atoms. The first-order valence-electron chi connectivity index (χ1n) is 8.99. The van der Waals surface area contributed by atoms with Crippen molar-refractivity contribution in [3.63, 3.8) is 0 Å². The number of rotatable bonds is 3. The molecule has 0 radical (unpaired) electrons. The number of amides is 2. The van der Waals surface area contributed by atoms with Gasteiger partial charge in [-0.15, -0.1) is 0 Å². The van der Waals surface area contributed by atoms with Gasteiger partial charge in [0, 0.05) is 33.1 Å². The molecule has 3 heterocycles. The van der Waals surface area contributed by atoms with Gasteiger partial charge in [-0.3, -0.25) is 4.79 Å². The lowest BCUT2D eigenvalue weighted by atomic mass is 10.00. The molecule has 0 N–H and O–H groups in total. The SMILES string of the molecule is CC(=O)N1CCn2c(C3CN(C(=O)OCc4ccccc4)C3)nc(I)c2C1. The second kappa shape index (κ2) is 7.49. The number of carbonyl (C=O) groups is 2. The fraction of sp³-hybridized carbons (Fsp3) is 0.421. The van der Waals surface area contributed by atoms with Crippen LogP contribution in [0.3, 0.4) is 0 Å². The zero-order chi connectivity index (χ0) is 19.0. The number of benzene rings is 1. The van der Waals surface area contributed by atoms with Gasteiger partial charge in [-0.2, -0.15) is 0 Å². The molecular formula is C19H21IN4O3. The molecule has 1 aromatic carbocycles. The number of hydrogen-bond acceptors (Lipinski definition) is 4. The molecule has 0 saturated carbocycles. The summed E-state index contributed by atoms with van der Waals surface area (Å²) in [6.45, 7) is 5.21. The summed E-state index contributed by atoms with van der Waals surface area (Å²) < 4.78 is 8.55. The van der Waals surface area contributed by atoms with Crippen LogP contribution < -0.4 is 0 Å². The minimum atomic E-state index is -0.280. The van der Waals surface area contributed by atoms with Crippen LogP contribution in [0.1, 0.15) is 29.9 Å². The van der Waals surface area contributed by atoms with E-state index in [0.717, 1.165) is 27.3 Å². The van der Waals surface area contributed by atoms with Crippen LogP contribution in [-0.2, 0) is 29.2 Å². The van der Waals surface area contributed by atoms with E-state index in [0.29, 0.717) is 32.8 Å². The van der Waals surface area contributed by atoms with Crippen LogP contribution in [0.4, 0.5) is 4.79 Å². The molecule has 0 atom stereocenters. The summed E-state index contributed by atoms with van der Waals surface area (Å²) in [6.07, 6.45) is -0.280. The van der Waals surface area contributed by atoms with Crippen molar-refractivity contribution in [3.8, 4) is 0 Å². The number of imidazole rings is 1. The van der Waals surface area contributed by atoms with Crippen LogP contribution in [-0.4, -0.2) is 51.0 Å². The zero-order valence-corrected chi connectivity index (χ0v) is 17.3. The summed E-state index contributed by atoms with van der Waals surface area (Å²) in [5.74, 6) is 1.33. The molecule has 2 amide bonds. The summed E-state index contributed by atoms with van der Waals surface area (Å²) in [5, 5.41) is 0. The molecule has 2 aromatic rings. The Bertz CT molecular complexity index is 861. The Labute approximate surface area is 171 Å². The molecule has 2 aliphatic heterocycles. The number of halogens is 1. The van der Waals surface area contributed by atoms with Crippen LogP contribution in [0.5, 0.6) is 0 Å². The zero-order valence-electron chi connectivity index (χ0n) is 15.1. The molecule has 0 spiro atoms. The quantitative estimate of drug-likeness (QED) is 0.634. The van der Waals surface area contributed by atoms with Crippen molar-refractivity contribution in [1.29, 1.82) is 0 Å². The fourth-order valence-corrected chi connectivity index (χ4v) is 4.25. The van der Waals surface area contributed by atoms with Gasteiger partial charge in [0.1, 0.15) is 16.1 Å². The monoisotopic (exact) mass is 480 g/mol. The lowest BCUT2D eigenvalue weighted by molar-refractivity contribution is -0.130. The summed E-state index contributed by atoms with van der Waals surface area (Å²) >= 11 is 2.23. The Balaban J connectivity index is 1.35. The van der Waals surface area contributed by atoms with E-state index in [9.17, 15) is 9.59 Å². The number of nitrogens with zero attached hydrogens (tertiary/aromatic N) is 4. The largest absolute Gasteiger partial charge is 0.445 e. The molecular weight excluding hydrogens is 459 g/mol. The van der Waals surface area contributed by atoms with Crippen molar-refractivity contribution in [1.82, 2.24) is 19.4 Å².